The topological polar surface area (TPSA) is 36.4 Å². The second kappa shape index (κ2) is 12.3. The first-order valence-corrected chi connectivity index (χ1v) is 10.7. The van der Waals surface area contributed by atoms with Crippen molar-refractivity contribution in [1.82, 2.24) is 5.43 Å². The van der Waals surface area contributed by atoms with Crippen molar-refractivity contribution in [2.75, 3.05) is 5.32 Å². The van der Waals surface area contributed by atoms with Gasteiger partial charge in [-0.2, -0.15) is 5.10 Å². The van der Waals surface area contributed by atoms with Crippen LogP contribution in [-0.2, 0) is 6.42 Å². The van der Waals surface area contributed by atoms with E-state index in [1.54, 1.807) is 0 Å². The molecule has 1 atom stereocenters. The van der Waals surface area contributed by atoms with Crippen molar-refractivity contribution in [3.05, 3.63) is 65.2 Å². The third kappa shape index (κ3) is 8.22. The smallest absolute Gasteiger partial charge is 0.191 e. The molecule has 0 radical (unpaired) electrons. The lowest BCUT2D eigenvalue weighted by molar-refractivity contribution is 0.554. The minimum Gasteiger partial charge on any atom is -0.331 e. The Morgan fingerprint density at radius 2 is 1.86 bits per heavy atom. The molecule has 0 saturated heterocycles. The monoisotopic (exact) mass is 395 g/mol. The highest BCUT2D eigenvalue weighted by Crippen LogP contribution is 2.16. The maximum atomic E-state index is 5.40. The first-order valence-electron chi connectivity index (χ1n) is 10.3. The maximum absolute atomic E-state index is 5.40. The van der Waals surface area contributed by atoms with Crippen molar-refractivity contribution in [2.24, 2.45) is 11.0 Å². The van der Waals surface area contributed by atoms with E-state index in [1.165, 1.54) is 42.4 Å². The summed E-state index contributed by atoms with van der Waals surface area (Å²) in [6.07, 6.45) is 9.27. The summed E-state index contributed by atoms with van der Waals surface area (Å²) in [4.78, 5) is 0. The van der Waals surface area contributed by atoms with Gasteiger partial charge in [-0.05, 0) is 56.1 Å². The molecule has 0 bridgehead atoms. The number of thiocarbonyl (C=S) groups is 1. The Kier molecular flexibility index (Phi) is 9.70. The number of hydrogen-bond acceptors (Lipinski definition) is 2. The molecule has 0 aliphatic rings. The number of hydrogen-bond donors (Lipinski definition) is 2. The maximum Gasteiger partial charge on any atom is 0.191 e. The van der Waals surface area contributed by atoms with E-state index in [9.17, 15) is 0 Å². The van der Waals surface area contributed by atoms with Gasteiger partial charge >= 0.3 is 0 Å². The zero-order valence-electron chi connectivity index (χ0n) is 17.4. The Hall–Kier alpha value is -2.20. The van der Waals surface area contributed by atoms with Gasteiger partial charge in [0.05, 0.1) is 0 Å². The van der Waals surface area contributed by atoms with Gasteiger partial charge in [-0.15, -0.1) is 0 Å². The number of unbranched alkanes of at least 4 members (excludes halogenated alkanes) is 3. The number of nitrogens with one attached hydrogen (secondary N) is 2. The lowest BCUT2D eigenvalue weighted by Gasteiger charge is -2.13. The number of aryl methyl sites for hydroxylation is 2. The number of hydrazone groups is 1. The van der Waals surface area contributed by atoms with Crippen LogP contribution in [-0.4, -0.2) is 11.3 Å². The third-order valence-corrected chi connectivity index (χ3v) is 5.04. The summed E-state index contributed by atoms with van der Waals surface area (Å²) in [5, 5.41) is 8.18. The van der Waals surface area contributed by atoms with Gasteiger partial charge in [0.2, 0.25) is 0 Å². The Bertz CT molecular complexity index is 756. The van der Waals surface area contributed by atoms with Crippen molar-refractivity contribution in [1.29, 1.82) is 0 Å². The summed E-state index contributed by atoms with van der Waals surface area (Å²) in [6, 6.07) is 16.9. The fraction of sp³-hybridized carbons (Fsp3) is 0.417. The van der Waals surface area contributed by atoms with Crippen LogP contribution in [0.25, 0.3) is 0 Å². The summed E-state index contributed by atoms with van der Waals surface area (Å²) < 4.78 is 0. The molecule has 3 nitrogen and oxygen atoms in total. The largest absolute Gasteiger partial charge is 0.331 e. The van der Waals surface area contributed by atoms with E-state index in [0.717, 1.165) is 18.5 Å². The molecule has 0 aliphatic carbocycles. The first-order chi connectivity index (χ1) is 13.6. The molecule has 0 heterocycles. The molecule has 0 spiro atoms. The molecule has 0 aromatic heterocycles. The first kappa shape index (κ1) is 22.1. The zero-order valence-corrected chi connectivity index (χ0v) is 18.2. The van der Waals surface area contributed by atoms with Crippen LogP contribution >= 0.6 is 12.2 Å². The fourth-order valence-electron chi connectivity index (χ4n) is 3.28. The van der Waals surface area contributed by atoms with Gasteiger partial charge in [0.15, 0.2) is 5.11 Å². The van der Waals surface area contributed by atoms with Crippen LogP contribution in [0.2, 0.25) is 0 Å². The number of nitrogens with zero attached hydrogens (tertiary/aromatic N) is 1. The Morgan fingerprint density at radius 3 is 2.57 bits per heavy atom. The summed E-state index contributed by atoms with van der Waals surface area (Å²) >= 11 is 5.40. The van der Waals surface area contributed by atoms with E-state index in [4.69, 9.17) is 12.2 Å². The minimum atomic E-state index is 0.413. The highest BCUT2D eigenvalue weighted by atomic mass is 32.1. The van der Waals surface area contributed by atoms with Crippen molar-refractivity contribution >= 4 is 29.2 Å². The summed E-state index contributed by atoms with van der Waals surface area (Å²) in [6.45, 7) is 6.41. The predicted octanol–water partition coefficient (Wildman–Crippen LogP) is 6.40. The molecule has 28 heavy (non-hydrogen) atoms. The van der Waals surface area contributed by atoms with Crippen molar-refractivity contribution in [2.45, 2.75) is 59.3 Å². The standard InChI is InChI=1S/C24H33N3S/c1-4-5-6-8-13-22(17-21-11-9-7-10-12-21)18-25-27-24(28)26-23-15-14-19(2)16-20(23)3/h7,9-12,14-16,18,22H,4-6,8,13,17H2,1-3H3,(H2,26,27,28)/b25-18-/t22-/m1/s1. The normalized spacial score (nSPS) is 12.1. The Morgan fingerprint density at radius 1 is 1.07 bits per heavy atom. The second-order valence-corrected chi connectivity index (χ2v) is 7.87. The molecule has 0 amide bonds. The van der Waals surface area contributed by atoms with Crippen LogP contribution in [0.5, 0.6) is 0 Å². The molecule has 2 aromatic carbocycles. The van der Waals surface area contributed by atoms with Gasteiger partial charge in [0, 0.05) is 17.8 Å². The Labute approximate surface area is 175 Å². The van der Waals surface area contributed by atoms with E-state index >= 15 is 0 Å². The average molecular weight is 396 g/mol. The molecular weight excluding hydrogens is 362 g/mol. The number of benzene rings is 2. The summed E-state index contributed by atoms with van der Waals surface area (Å²) in [5.41, 5.74) is 7.76. The summed E-state index contributed by atoms with van der Waals surface area (Å²) in [7, 11) is 0. The van der Waals surface area contributed by atoms with Crippen LogP contribution < -0.4 is 10.7 Å². The quantitative estimate of drug-likeness (QED) is 0.211. The van der Waals surface area contributed by atoms with Gasteiger partial charge in [0.25, 0.3) is 0 Å². The lowest BCUT2D eigenvalue weighted by atomic mass is 9.94. The highest BCUT2D eigenvalue weighted by molar-refractivity contribution is 7.80. The summed E-state index contributed by atoms with van der Waals surface area (Å²) in [5.74, 6) is 0.413. The van der Waals surface area contributed by atoms with Crippen LogP contribution in [0.15, 0.2) is 53.6 Å². The van der Waals surface area contributed by atoms with E-state index in [1.807, 2.05) is 12.3 Å². The van der Waals surface area contributed by atoms with Gasteiger partial charge in [-0.1, -0.05) is 80.6 Å². The SMILES string of the molecule is CCCCCC[C@@H](/C=N\NC(=S)Nc1ccc(C)cc1C)Cc1ccccc1. The molecule has 0 unspecified atom stereocenters. The molecule has 0 fully saturated rings. The van der Waals surface area contributed by atoms with E-state index in [0.29, 0.717) is 11.0 Å². The highest BCUT2D eigenvalue weighted by Gasteiger charge is 2.08. The minimum absolute atomic E-state index is 0.413. The van der Waals surface area contributed by atoms with Gasteiger partial charge in [-0.25, -0.2) is 0 Å². The van der Waals surface area contributed by atoms with Crippen molar-refractivity contribution < 1.29 is 0 Å². The average Bonchev–Trinajstić information content (AvgIpc) is 2.68. The molecule has 2 N–H and O–H groups in total. The Balaban J connectivity index is 1.89. The fourth-order valence-corrected chi connectivity index (χ4v) is 3.45. The van der Waals surface area contributed by atoms with Crippen LogP contribution in [0, 0.1) is 19.8 Å². The van der Waals surface area contributed by atoms with E-state index < -0.39 is 0 Å². The number of anilines is 1. The van der Waals surface area contributed by atoms with Crippen molar-refractivity contribution in [3.8, 4) is 0 Å². The van der Waals surface area contributed by atoms with Crippen LogP contribution in [0.4, 0.5) is 5.69 Å². The van der Waals surface area contributed by atoms with Gasteiger partial charge < -0.3 is 5.32 Å². The van der Waals surface area contributed by atoms with Crippen LogP contribution in [0.3, 0.4) is 0 Å². The molecule has 2 aromatic rings. The molecule has 2 rings (SSSR count). The molecule has 0 saturated carbocycles. The molecule has 150 valence electrons. The second-order valence-electron chi connectivity index (χ2n) is 7.46. The predicted molar refractivity (Wildman–Crippen MR) is 126 cm³/mol. The molecular formula is C24H33N3S. The molecule has 0 aliphatic heterocycles. The lowest BCUT2D eigenvalue weighted by Crippen LogP contribution is -2.25. The van der Waals surface area contributed by atoms with Gasteiger partial charge in [-0.3, -0.25) is 5.43 Å². The molecule has 4 heteroatoms. The van der Waals surface area contributed by atoms with Crippen molar-refractivity contribution in [3.63, 3.8) is 0 Å². The zero-order chi connectivity index (χ0) is 20.2. The number of rotatable bonds is 10. The van der Waals surface area contributed by atoms with E-state index in [-0.39, 0.29) is 0 Å². The van der Waals surface area contributed by atoms with Gasteiger partial charge in [0.1, 0.15) is 0 Å². The van der Waals surface area contributed by atoms with E-state index in [2.05, 4.69) is 79.1 Å². The van der Waals surface area contributed by atoms with Crippen LogP contribution in [0.1, 0.15) is 55.7 Å². The third-order valence-electron chi connectivity index (χ3n) is 4.85.